The van der Waals surface area contributed by atoms with Crippen LogP contribution in [0.2, 0.25) is 5.02 Å². The van der Waals surface area contributed by atoms with Crippen molar-refractivity contribution in [3.05, 3.63) is 47.5 Å². The van der Waals surface area contributed by atoms with E-state index in [0.717, 1.165) is 18.4 Å². The van der Waals surface area contributed by atoms with Crippen LogP contribution in [0.5, 0.6) is 0 Å². The average Bonchev–Trinajstić information content (AvgIpc) is 3.08. The van der Waals surface area contributed by atoms with E-state index in [2.05, 4.69) is 11.9 Å². The molecule has 0 spiro atoms. The molecule has 1 aliphatic carbocycles. The summed E-state index contributed by atoms with van der Waals surface area (Å²) >= 11 is 5.83. The molecule has 0 heterocycles. The van der Waals surface area contributed by atoms with Crippen LogP contribution in [-0.2, 0) is 10.2 Å². The minimum absolute atomic E-state index is 0.0923. The Labute approximate surface area is 100 Å². The first kappa shape index (κ1) is 11.2. The average molecular weight is 236 g/mol. The summed E-state index contributed by atoms with van der Waals surface area (Å²) in [5, 5.41) is 3.56. The Morgan fingerprint density at radius 2 is 2.06 bits per heavy atom. The molecule has 1 N–H and O–H groups in total. The molecule has 0 atom stereocenters. The van der Waals surface area contributed by atoms with E-state index < -0.39 is 0 Å². The largest absolute Gasteiger partial charge is 0.352 e. The van der Waals surface area contributed by atoms with Crippen LogP contribution in [-0.4, -0.2) is 12.5 Å². The van der Waals surface area contributed by atoms with Crippen LogP contribution in [0.1, 0.15) is 18.4 Å². The number of halogens is 1. The number of rotatable bonds is 4. The van der Waals surface area contributed by atoms with Crippen molar-refractivity contribution in [3.63, 3.8) is 0 Å². The highest BCUT2D eigenvalue weighted by atomic mass is 35.5. The molecule has 16 heavy (non-hydrogen) atoms. The Morgan fingerprint density at radius 3 is 2.56 bits per heavy atom. The van der Waals surface area contributed by atoms with E-state index in [0.29, 0.717) is 11.6 Å². The van der Waals surface area contributed by atoms with Crippen LogP contribution in [0.4, 0.5) is 0 Å². The summed E-state index contributed by atoms with van der Waals surface area (Å²) in [5.74, 6) is 0.0923. The zero-order chi connectivity index (χ0) is 11.6. The first-order valence-electron chi connectivity index (χ1n) is 5.34. The molecule has 84 valence electrons. The van der Waals surface area contributed by atoms with Gasteiger partial charge in [-0.25, -0.2) is 0 Å². The highest BCUT2D eigenvalue weighted by molar-refractivity contribution is 6.30. The molecule has 2 rings (SSSR count). The Morgan fingerprint density at radius 1 is 1.44 bits per heavy atom. The van der Waals surface area contributed by atoms with Gasteiger partial charge < -0.3 is 5.32 Å². The summed E-state index contributed by atoms with van der Waals surface area (Å²) in [6.07, 6.45) is 3.52. The molecule has 1 fully saturated rings. The second-order valence-electron chi connectivity index (χ2n) is 4.09. The number of benzene rings is 1. The minimum atomic E-state index is -0.312. The van der Waals surface area contributed by atoms with Gasteiger partial charge in [0.2, 0.25) is 5.91 Å². The number of hydrogen-bond acceptors (Lipinski definition) is 1. The van der Waals surface area contributed by atoms with Gasteiger partial charge in [0.1, 0.15) is 0 Å². The van der Waals surface area contributed by atoms with Gasteiger partial charge in [0.15, 0.2) is 0 Å². The van der Waals surface area contributed by atoms with E-state index in [-0.39, 0.29) is 11.3 Å². The summed E-state index contributed by atoms with van der Waals surface area (Å²) < 4.78 is 0. The van der Waals surface area contributed by atoms with Gasteiger partial charge >= 0.3 is 0 Å². The van der Waals surface area contributed by atoms with Crippen LogP contribution in [0.25, 0.3) is 0 Å². The minimum Gasteiger partial charge on any atom is -0.352 e. The molecule has 1 amide bonds. The lowest BCUT2D eigenvalue weighted by molar-refractivity contribution is -0.123. The zero-order valence-electron chi connectivity index (χ0n) is 9.00. The normalized spacial score (nSPS) is 16.6. The van der Waals surface area contributed by atoms with Crippen molar-refractivity contribution < 1.29 is 4.79 Å². The van der Waals surface area contributed by atoms with Crippen LogP contribution in [0.3, 0.4) is 0 Å². The van der Waals surface area contributed by atoms with Crippen LogP contribution >= 0.6 is 11.6 Å². The molecule has 3 heteroatoms. The van der Waals surface area contributed by atoms with Gasteiger partial charge in [-0.15, -0.1) is 6.58 Å². The summed E-state index contributed by atoms with van der Waals surface area (Å²) in [5.41, 5.74) is 0.742. The molecular weight excluding hydrogens is 222 g/mol. The van der Waals surface area contributed by atoms with Crippen molar-refractivity contribution in [2.75, 3.05) is 6.54 Å². The van der Waals surface area contributed by atoms with Crippen molar-refractivity contribution in [1.82, 2.24) is 5.32 Å². The molecule has 0 radical (unpaired) electrons. The van der Waals surface area contributed by atoms with Gasteiger partial charge in [0, 0.05) is 11.6 Å². The molecule has 0 aromatic heterocycles. The van der Waals surface area contributed by atoms with Gasteiger partial charge in [-0.1, -0.05) is 29.8 Å². The molecule has 0 saturated heterocycles. The van der Waals surface area contributed by atoms with Gasteiger partial charge in [-0.3, -0.25) is 4.79 Å². The van der Waals surface area contributed by atoms with Gasteiger partial charge in [0.25, 0.3) is 0 Å². The van der Waals surface area contributed by atoms with E-state index in [9.17, 15) is 4.79 Å². The molecule has 1 aromatic rings. The van der Waals surface area contributed by atoms with Crippen molar-refractivity contribution in [1.29, 1.82) is 0 Å². The Hall–Kier alpha value is -1.28. The zero-order valence-corrected chi connectivity index (χ0v) is 9.76. The van der Waals surface area contributed by atoms with Crippen LogP contribution in [0, 0.1) is 0 Å². The third kappa shape index (κ3) is 1.98. The highest BCUT2D eigenvalue weighted by Gasteiger charge is 2.50. The fourth-order valence-electron chi connectivity index (χ4n) is 1.87. The molecule has 1 aliphatic rings. The van der Waals surface area contributed by atoms with Gasteiger partial charge in [-0.05, 0) is 30.5 Å². The monoisotopic (exact) mass is 235 g/mol. The van der Waals surface area contributed by atoms with Crippen molar-refractivity contribution in [2.45, 2.75) is 18.3 Å². The van der Waals surface area contributed by atoms with E-state index in [1.807, 2.05) is 24.3 Å². The third-order valence-corrected chi connectivity index (χ3v) is 3.24. The summed E-state index contributed by atoms with van der Waals surface area (Å²) in [7, 11) is 0. The van der Waals surface area contributed by atoms with E-state index in [4.69, 9.17) is 11.6 Å². The van der Waals surface area contributed by atoms with Crippen molar-refractivity contribution in [2.24, 2.45) is 0 Å². The van der Waals surface area contributed by atoms with Crippen LogP contribution in [0.15, 0.2) is 36.9 Å². The lowest BCUT2D eigenvalue weighted by Crippen LogP contribution is -2.34. The lowest BCUT2D eigenvalue weighted by Gasteiger charge is -2.14. The maximum absolute atomic E-state index is 12.0. The molecule has 0 aliphatic heterocycles. The second-order valence-corrected chi connectivity index (χ2v) is 4.52. The summed E-state index contributed by atoms with van der Waals surface area (Å²) in [4.78, 5) is 12.0. The molecule has 2 nitrogen and oxygen atoms in total. The van der Waals surface area contributed by atoms with E-state index in [1.54, 1.807) is 6.08 Å². The summed E-state index contributed by atoms with van der Waals surface area (Å²) in [6, 6.07) is 7.53. The Balaban J connectivity index is 2.16. The maximum atomic E-state index is 12.0. The standard InChI is InChI=1S/C13H14ClNO/c1-2-9-15-12(16)13(7-8-13)10-3-5-11(14)6-4-10/h2-6H,1,7-9H2,(H,15,16). The topological polar surface area (TPSA) is 29.1 Å². The molecule has 0 unspecified atom stereocenters. The number of carbonyl (C=O) groups excluding carboxylic acids is 1. The number of hydrogen-bond donors (Lipinski definition) is 1. The van der Waals surface area contributed by atoms with E-state index in [1.165, 1.54) is 0 Å². The number of amides is 1. The SMILES string of the molecule is C=CCNC(=O)C1(c2ccc(Cl)cc2)CC1. The summed E-state index contributed by atoms with van der Waals surface area (Å²) in [6.45, 7) is 4.11. The molecule has 1 saturated carbocycles. The number of nitrogens with one attached hydrogen (secondary N) is 1. The highest BCUT2D eigenvalue weighted by Crippen LogP contribution is 2.48. The lowest BCUT2D eigenvalue weighted by atomic mass is 9.95. The van der Waals surface area contributed by atoms with E-state index >= 15 is 0 Å². The fourth-order valence-corrected chi connectivity index (χ4v) is 2.00. The quantitative estimate of drug-likeness (QED) is 0.799. The predicted molar refractivity (Wildman–Crippen MR) is 65.6 cm³/mol. The van der Waals surface area contributed by atoms with Gasteiger partial charge in [-0.2, -0.15) is 0 Å². The smallest absolute Gasteiger partial charge is 0.230 e. The molecular formula is C13H14ClNO. The molecule has 0 bridgehead atoms. The second kappa shape index (κ2) is 4.30. The third-order valence-electron chi connectivity index (χ3n) is 2.99. The van der Waals surface area contributed by atoms with Crippen molar-refractivity contribution in [3.8, 4) is 0 Å². The molecule has 1 aromatic carbocycles. The first-order valence-corrected chi connectivity index (χ1v) is 5.72. The number of carbonyl (C=O) groups is 1. The first-order chi connectivity index (χ1) is 7.69. The van der Waals surface area contributed by atoms with Crippen LogP contribution < -0.4 is 5.32 Å². The van der Waals surface area contributed by atoms with Crippen molar-refractivity contribution >= 4 is 17.5 Å². The maximum Gasteiger partial charge on any atom is 0.230 e. The predicted octanol–water partition coefficient (Wildman–Crippen LogP) is 2.67. The fraction of sp³-hybridized carbons (Fsp3) is 0.308. The Bertz CT molecular complexity index is 406. The Kier molecular flexibility index (Phi) is 3.01. The van der Waals surface area contributed by atoms with Gasteiger partial charge in [0.05, 0.1) is 5.41 Å².